The van der Waals surface area contributed by atoms with Crippen molar-refractivity contribution in [1.82, 2.24) is 9.71 Å². The number of carbonyl (C=O) groups is 1. The Labute approximate surface area is 114 Å². The maximum Gasteiger partial charge on any atom is 0.352 e. The first-order valence-corrected chi connectivity index (χ1v) is 7.79. The summed E-state index contributed by atoms with van der Waals surface area (Å²) in [6, 6.07) is 4.92. The molecule has 0 fully saturated rings. The quantitative estimate of drug-likeness (QED) is 0.748. The molecule has 0 aliphatic rings. The van der Waals surface area contributed by atoms with Crippen LogP contribution in [0.5, 0.6) is 0 Å². The van der Waals surface area contributed by atoms with Crippen LogP contribution in [0.25, 0.3) is 0 Å². The summed E-state index contributed by atoms with van der Waals surface area (Å²) in [7, 11) is -3.67. The van der Waals surface area contributed by atoms with Crippen LogP contribution in [0.1, 0.15) is 15.4 Å². The second-order valence-electron chi connectivity index (χ2n) is 3.78. The van der Waals surface area contributed by atoms with Crippen molar-refractivity contribution in [3.05, 3.63) is 40.3 Å². The van der Waals surface area contributed by atoms with Crippen LogP contribution >= 0.6 is 11.3 Å². The lowest BCUT2D eigenvalue weighted by Gasteiger charge is -2.03. The van der Waals surface area contributed by atoms with Gasteiger partial charge in [-0.1, -0.05) is 6.07 Å². The molecule has 0 unspecified atom stereocenters. The number of thiophene rings is 1. The van der Waals surface area contributed by atoms with Crippen LogP contribution in [0.15, 0.2) is 34.7 Å². The van der Waals surface area contributed by atoms with Crippen LogP contribution in [0.4, 0.5) is 0 Å². The van der Waals surface area contributed by atoms with Gasteiger partial charge in [-0.05, 0) is 23.9 Å². The highest BCUT2D eigenvalue weighted by atomic mass is 32.2. The molecular weight excluding hydrogens is 288 g/mol. The van der Waals surface area contributed by atoms with Gasteiger partial charge in [-0.15, -0.1) is 11.3 Å². The van der Waals surface area contributed by atoms with E-state index in [2.05, 4.69) is 9.71 Å². The van der Waals surface area contributed by atoms with Crippen molar-refractivity contribution in [1.29, 1.82) is 0 Å². The van der Waals surface area contributed by atoms with Crippen LogP contribution in [-0.2, 0) is 16.4 Å². The van der Waals surface area contributed by atoms with Crippen LogP contribution in [0, 0.1) is 0 Å². The van der Waals surface area contributed by atoms with Crippen molar-refractivity contribution in [2.45, 2.75) is 11.3 Å². The topological polar surface area (TPSA) is 99.3 Å². The van der Waals surface area contributed by atoms with E-state index in [9.17, 15) is 13.2 Å². The number of carboxylic acids is 1. The van der Waals surface area contributed by atoms with Gasteiger partial charge >= 0.3 is 5.97 Å². The van der Waals surface area contributed by atoms with E-state index in [0.717, 1.165) is 17.1 Å². The van der Waals surface area contributed by atoms with E-state index in [-0.39, 0.29) is 17.1 Å². The number of aromatic carboxylic acids is 1. The summed E-state index contributed by atoms with van der Waals surface area (Å²) in [5, 5.41) is 10.6. The Morgan fingerprint density at radius 3 is 2.84 bits per heavy atom. The van der Waals surface area contributed by atoms with Gasteiger partial charge in [0.05, 0.1) is 0 Å². The van der Waals surface area contributed by atoms with Gasteiger partial charge in [0.25, 0.3) is 0 Å². The smallest absolute Gasteiger partial charge is 0.352 e. The lowest BCUT2D eigenvalue weighted by molar-refractivity contribution is 0.0691. The van der Waals surface area contributed by atoms with Gasteiger partial charge in [0.2, 0.25) is 10.0 Å². The number of hydrogen-bond acceptors (Lipinski definition) is 4. The molecule has 0 aromatic carbocycles. The highest BCUT2D eigenvalue weighted by molar-refractivity contribution is 7.89. The Bertz CT molecular complexity index is 659. The molecule has 8 heteroatoms. The predicted molar refractivity (Wildman–Crippen MR) is 71.0 cm³/mol. The number of aromatic amines is 1. The molecule has 6 nitrogen and oxygen atoms in total. The van der Waals surface area contributed by atoms with E-state index >= 15 is 0 Å². The highest BCUT2D eigenvalue weighted by Gasteiger charge is 2.17. The Hall–Kier alpha value is -1.64. The molecule has 0 radical (unpaired) electrons. The van der Waals surface area contributed by atoms with Gasteiger partial charge in [-0.3, -0.25) is 0 Å². The second kappa shape index (κ2) is 5.55. The summed E-state index contributed by atoms with van der Waals surface area (Å²) in [5.41, 5.74) is -0.154. The average Bonchev–Trinajstić information content (AvgIpc) is 2.99. The molecule has 19 heavy (non-hydrogen) atoms. The van der Waals surface area contributed by atoms with Crippen LogP contribution in [0.3, 0.4) is 0 Å². The number of nitrogens with one attached hydrogen (secondary N) is 2. The Morgan fingerprint density at radius 2 is 2.26 bits per heavy atom. The monoisotopic (exact) mass is 300 g/mol. The zero-order valence-electron chi connectivity index (χ0n) is 9.79. The van der Waals surface area contributed by atoms with E-state index in [0.29, 0.717) is 6.42 Å². The number of sulfonamides is 1. The first kappa shape index (κ1) is 13.8. The third kappa shape index (κ3) is 3.43. The summed E-state index contributed by atoms with van der Waals surface area (Å²) >= 11 is 1.56. The molecule has 3 N–H and O–H groups in total. The van der Waals surface area contributed by atoms with Gasteiger partial charge in [-0.2, -0.15) is 0 Å². The molecule has 2 aromatic rings. The van der Waals surface area contributed by atoms with E-state index in [1.807, 2.05) is 17.5 Å². The number of aromatic nitrogens is 1. The number of hydrogen-bond donors (Lipinski definition) is 3. The fraction of sp³-hybridized carbons (Fsp3) is 0.182. The van der Waals surface area contributed by atoms with Crippen molar-refractivity contribution in [2.75, 3.05) is 6.54 Å². The molecule has 0 saturated heterocycles. The summed E-state index contributed by atoms with van der Waals surface area (Å²) < 4.78 is 26.2. The molecule has 0 spiro atoms. The Balaban J connectivity index is 1.99. The lowest BCUT2D eigenvalue weighted by Crippen LogP contribution is -2.25. The zero-order valence-corrected chi connectivity index (χ0v) is 11.4. The first-order chi connectivity index (χ1) is 8.99. The van der Waals surface area contributed by atoms with Gasteiger partial charge in [0, 0.05) is 17.6 Å². The summed E-state index contributed by atoms with van der Waals surface area (Å²) in [5.74, 6) is -1.19. The minimum Gasteiger partial charge on any atom is -0.477 e. The van der Waals surface area contributed by atoms with Crippen molar-refractivity contribution in [3.8, 4) is 0 Å². The maximum absolute atomic E-state index is 11.9. The third-order valence-electron chi connectivity index (χ3n) is 2.44. The first-order valence-electron chi connectivity index (χ1n) is 5.43. The zero-order chi connectivity index (χ0) is 13.9. The second-order valence-corrected chi connectivity index (χ2v) is 6.58. The molecule has 0 atom stereocenters. The number of carboxylic acid groups (broad SMARTS) is 1. The molecule has 0 aliphatic heterocycles. The van der Waals surface area contributed by atoms with E-state index in [1.165, 1.54) is 0 Å². The minimum atomic E-state index is -3.67. The van der Waals surface area contributed by atoms with E-state index in [4.69, 9.17) is 5.11 Å². The molecule has 2 rings (SSSR count). The number of rotatable bonds is 6. The Kier molecular flexibility index (Phi) is 4.03. The summed E-state index contributed by atoms with van der Waals surface area (Å²) in [6.45, 7) is 0.274. The fourth-order valence-corrected chi connectivity index (χ4v) is 3.23. The lowest BCUT2D eigenvalue weighted by atomic mass is 10.3. The third-order valence-corrected chi connectivity index (χ3v) is 4.82. The van der Waals surface area contributed by atoms with Gasteiger partial charge in [0.15, 0.2) is 0 Å². The highest BCUT2D eigenvalue weighted by Crippen LogP contribution is 2.12. The molecule has 0 bridgehead atoms. The minimum absolute atomic E-state index is 0.0731. The van der Waals surface area contributed by atoms with Crippen molar-refractivity contribution in [2.24, 2.45) is 0 Å². The number of H-pyrrole nitrogens is 1. The van der Waals surface area contributed by atoms with Gasteiger partial charge in [0.1, 0.15) is 10.6 Å². The average molecular weight is 300 g/mol. The molecule has 2 heterocycles. The maximum atomic E-state index is 11.9. The Morgan fingerprint density at radius 1 is 1.47 bits per heavy atom. The van der Waals surface area contributed by atoms with Crippen molar-refractivity contribution in [3.63, 3.8) is 0 Å². The van der Waals surface area contributed by atoms with Crippen LogP contribution < -0.4 is 4.72 Å². The molecule has 0 amide bonds. The summed E-state index contributed by atoms with van der Waals surface area (Å²) in [4.78, 5) is 14.1. The van der Waals surface area contributed by atoms with E-state index in [1.54, 1.807) is 11.3 Å². The predicted octanol–water partition coefficient (Wildman–Crippen LogP) is 1.30. The SMILES string of the molecule is O=C(O)c1cc(S(=O)(=O)NCCc2cccs2)c[nH]1. The van der Waals surface area contributed by atoms with Crippen LogP contribution in [0.2, 0.25) is 0 Å². The molecular formula is C11H12N2O4S2. The molecule has 0 aliphatic carbocycles. The van der Waals surface area contributed by atoms with Gasteiger partial charge < -0.3 is 10.1 Å². The van der Waals surface area contributed by atoms with Gasteiger partial charge in [-0.25, -0.2) is 17.9 Å². The summed E-state index contributed by atoms with van der Waals surface area (Å²) in [6.07, 6.45) is 1.77. The fourth-order valence-electron chi connectivity index (χ4n) is 1.50. The van der Waals surface area contributed by atoms with Crippen LogP contribution in [-0.4, -0.2) is 31.0 Å². The van der Waals surface area contributed by atoms with Crippen molar-refractivity contribution >= 4 is 27.3 Å². The normalized spacial score (nSPS) is 11.6. The van der Waals surface area contributed by atoms with E-state index < -0.39 is 16.0 Å². The van der Waals surface area contributed by atoms with Crippen molar-refractivity contribution < 1.29 is 18.3 Å². The standard InChI is InChI=1S/C11H12N2O4S2/c14-11(15)10-6-9(7-12-10)19(16,17)13-4-3-8-2-1-5-18-8/h1-2,5-7,12-13H,3-4H2,(H,14,15). The molecule has 2 aromatic heterocycles. The largest absolute Gasteiger partial charge is 0.477 e. The molecule has 102 valence electrons. The molecule has 0 saturated carbocycles.